The van der Waals surface area contributed by atoms with Crippen LogP contribution in [0.2, 0.25) is 0 Å². The lowest BCUT2D eigenvalue weighted by Crippen LogP contribution is -2.41. The van der Waals surface area contributed by atoms with E-state index in [0.717, 1.165) is 32.0 Å². The van der Waals surface area contributed by atoms with Crippen molar-refractivity contribution < 1.29 is 0 Å². The molecule has 1 fully saturated rings. The van der Waals surface area contributed by atoms with Gasteiger partial charge in [0.05, 0.1) is 6.20 Å². The van der Waals surface area contributed by atoms with Crippen LogP contribution in [0.5, 0.6) is 0 Å². The van der Waals surface area contributed by atoms with E-state index in [0.29, 0.717) is 5.41 Å². The van der Waals surface area contributed by atoms with Crippen LogP contribution in [0.3, 0.4) is 0 Å². The fraction of sp³-hybridized carbons (Fsp3) is 0.474. The number of nitrogens with zero attached hydrogens (tertiary/aromatic N) is 3. The highest BCUT2D eigenvalue weighted by atomic mass is 127. The van der Waals surface area contributed by atoms with E-state index >= 15 is 0 Å². The molecular formula is C19H28IN5. The molecule has 0 bridgehead atoms. The monoisotopic (exact) mass is 453 g/mol. The number of aliphatic imine (C=N–C) groups is 1. The molecule has 0 saturated heterocycles. The Morgan fingerprint density at radius 3 is 2.60 bits per heavy atom. The average Bonchev–Trinajstić information content (AvgIpc) is 3.30. The number of hydrogen-bond donors (Lipinski definition) is 2. The van der Waals surface area contributed by atoms with E-state index in [2.05, 4.69) is 64.2 Å². The van der Waals surface area contributed by atoms with Crippen LogP contribution in [-0.4, -0.2) is 35.9 Å². The second-order valence-electron chi connectivity index (χ2n) is 6.63. The first-order valence-electron chi connectivity index (χ1n) is 8.71. The smallest absolute Gasteiger partial charge is 0.191 e. The number of benzene rings is 1. The third kappa shape index (κ3) is 5.45. The minimum absolute atomic E-state index is 0. The van der Waals surface area contributed by atoms with Crippen LogP contribution < -0.4 is 10.6 Å². The molecule has 0 aliphatic heterocycles. The van der Waals surface area contributed by atoms with Gasteiger partial charge in [-0.25, -0.2) is 0 Å². The van der Waals surface area contributed by atoms with Gasteiger partial charge in [-0.05, 0) is 37.3 Å². The lowest BCUT2D eigenvalue weighted by molar-refractivity contribution is 0.567. The Morgan fingerprint density at radius 2 is 2.00 bits per heavy atom. The zero-order chi connectivity index (χ0) is 16.8. The van der Waals surface area contributed by atoms with Gasteiger partial charge in [-0.1, -0.05) is 30.3 Å². The van der Waals surface area contributed by atoms with Gasteiger partial charge in [0.15, 0.2) is 5.96 Å². The zero-order valence-corrected chi connectivity index (χ0v) is 17.4. The van der Waals surface area contributed by atoms with Gasteiger partial charge in [0.25, 0.3) is 0 Å². The number of halogens is 1. The molecular weight excluding hydrogens is 425 g/mol. The van der Waals surface area contributed by atoms with Crippen LogP contribution >= 0.6 is 24.0 Å². The summed E-state index contributed by atoms with van der Waals surface area (Å²) in [4.78, 5) is 4.33. The number of aromatic nitrogens is 2. The molecule has 0 amide bonds. The summed E-state index contributed by atoms with van der Waals surface area (Å²) >= 11 is 0. The van der Waals surface area contributed by atoms with Crippen molar-refractivity contribution in [3.05, 3.63) is 53.9 Å². The Hall–Kier alpha value is -1.57. The highest BCUT2D eigenvalue weighted by Crippen LogP contribution is 2.47. The summed E-state index contributed by atoms with van der Waals surface area (Å²) in [6, 6.07) is 10.8. The predicted octanol–water partition coefficient (Wildman–Crippen LogP) is 3.10. The van der Waals surface area contributed by atoms with E-state index in [-0.39, 0.29) is 24.0 Å². The highest BCUT2D eigenvalue weighted by Gasteiger charge is 2.43. The first-order chi connectivity index (χ1) is 11.7. The fourth-order valence-electron chi connectivity index (χ4n) is 3.02. The summed E-state index contributed by atoms with van der Waals surface area (Å²) in [5.74, 6) is 0.883. The summed E-state index contributed by atoms with van der Waals surface area (Å²) in [5, 5.41) is 11.2. The summed E-state index contributed by atoms with van der Waals surface area (Å²) in [5.41, 5.74) is 2.93. The van der Waals surface area contributed by atoms with Gasteiger partial charge in [-0.3, -0.25) is 9.67 Å². The second kappa shape index (κ2) is 9.22. The van der Waals surface area contributed by atoms with Crippen LogP contribution in [-0.2, 0) is 12.0 Å². The molecule has 2 aromatic rings. The van der Waals surface area contributed by atoms with Crippen molar-refractivity contribution in [1.82, 2.24) is 20.4 Å². The maximum absolute atomic E-state index is 4.33. The van der Waals surface area contributed by atoms with Crippen molar-refractivity contribution in [1.29, 1.82) is 0 Å². The second-order valence-corrected chi connectivity index (χ2v) is 6.63. The zero-order valence-electron chi connectivity index (χ0n) is 15.0. The summed E-state index contributed by atoms with van der Waals surface area (Å²) in [7, 11) is 1.83. The summed E-state index contributed by atoms with van der Waals surface area (Å²) < 4.78 is 1.99. The molecule has 6 heteroatoms. The maximum atomic E-state index is 4.33. The van der Waals surface area contributed by atoms with Crippen molar-refractivity contribution in [2.24, 2.45) is 4.99 Å². The molecule has 1 aromatic heterocycles. The van der Waals surface area contributed by atoms with E-state index in [1.54, 1.807) is 0 Å². The number of nitrogens with one attached hydrogen (secondary N) is 2. The third-order valence-electron chi connectivity index (χ3n) is 4.68. The van der Waals surface area contributed by atoms with Crippen LogP contribution in [0.25, 0.3) is 0 Å². The largest absolute Gasteiger partial charge is 0.356 e. The van der Waals surface area contributed by atoms with Crippen molar-refractivity contribution in [3.63, 3.8) is 0 Å². The highest BCUT2D eigenvalue weighted by molar-refractivity contribution is 14.0. The van der Waals surface area contributed by atoms with E-state index in [1.165, 1.54) is 24.0 Å². The Kier molecular flexibility index (Phi) is 7.28. The Labute approximate surface area is 167 Å². The molecule has 136 valence electrons. The first kappa shape index (κ1) is 19.8. The molecule has 5 nitrogen and oxygen atoms in total. The summed E-state index contributed by atoms with van der Waals surface area (Å²) in [6.07, 6.45) is 7.49. The normalized spacial score (nSPS) is 15.4. The fourth-order valence-corrected chi connectivity index (χ4v) is 3.02. The first-order valence-corrected chi connectivity index (χ1v) is 8.71. The molecule has 1 aromatic carbocycles. The molecule has 0 radical (unpaired) electrons. The molecule has 25 heavy (non-hydrogen) atoms. The molecule has 1 aliphatic rings. The molecule has 0 unspecified atom stereocenters. The van der Waals surface area contributed by atoms with Crippen molar-refractivity contribution in [2.45, 2.75) is 38.1 Å². The van der Waals surface area contributed by atoms with Gasteiger partial charge in [-0.2, -0.15) is 5.10 Å². The molecule has 1 aliphatic carbocycles. The molecule has 1 saturated carbocycles. The van der Waals surface area contributed by atoms with Crippen molar-refractivity contribution >= 4 is 29.9 Å². The van der Waals surface area contributed by atoms with E-state index in [4.69, 9.17) is 0 Å². The Balaban J connectivity index is 0.00000225. The van der Waals surface area contributed by atoms with Gasteiger partial charge in [0, 0.05) is 38.3 Å². The quantitative estimate of drug-likeness (QED) is 0.293. The molecule has 2 N–H and O–H groups in total. The average molecular weight is 453 g/mol. The Bertz CT molecular complexity index is 676. The molecule has 0 spiro atoms. The Morgan fingerprint density at radius 1 is 1.24 bits per heavy atom. The summed E-state index contributed by atoms with van der Waals surface area (Å²) in [6.45, 7) is 4.81. The minimum atomic E-state index is 0. The van der Waals surface area contributed by atoms with Gasteiger partial charge in [0.2, 0.25) is 0 Å². The van der Waals surface area contributed by atoms with Crippen LogP contribution in [0.4, 0.5) is 0 Å². The number of hydrogen-bond acceptors (Lipinski definition) is 2. The van der Waals surface area contributed by atoms with Crippen LogP contribution in [0, 0.1) is 6.92 Å². The number of rotatable bonds is 7. The van der Waals surface area contributed by atoms with Crippen molar-refractivity contribution in [3.8, 4) is 0 Å². The van der Waals surface area contributed by atoms with E-state index in [9.17, 15) is 0 Å². The van der Waals surface area contributed by atoms with Gasteiger partial charge >= 0.3 is 0 Å². The van der Waals surface area contributed by atoms with E-state index < -0.39 is 0 Å². The molecule has 0 atom stereocenters. The molecule has 3 rings (SSSR count). The van der Waals surface area contributed by atoms with Gasteiger partial charge in [-0.15, -0.1) is 24.0 Å². The van der Waals surface area contributed by atoms with Crippen molar-refractivity contribution in [2.75, 3.05) is 20.1 Å². The van der Waals surface area contributed by atoms with E-state index in [1.807, 2.05) is 17.9 Å². The lowest BCUT2D eigenvalue weighted by Gasteiger charge is -2.19. The number of guanidine groups is 1. The SMILES string of the molecule is CN=C(NCCCn1cc(C)cn1)NCC1(c2ccccc2)CC1.I. The predicted molar refractivity (Wildman–Crippen MR) is 114 cm³/mol. The van der Waals surface area contributed by atoms with Gasteiger partial charge < -0.3 is 10.6 Å². The maximum Gasteiger partial charge on any atom is 0.191 e. The standard InChI is InChI=1S/C19H27N5.HI/c1-16-13-23-24(14-16)12-6-11-21-18(20-2)22-15-19(9-10-19)17-7-4-3-5-8-17;/h3-5,7-8,13-14H,6,9-12,15H2,1-2H3,(H2,20,21,22);1H. The molecule has 1 heterocycles. The van der Waals surface area contributed by atoms with Gasteiger partial charge in [0.1, 0.15) is 0 Å². The minimum Gasteiger partial charge on any atom is -0.356 e. The van der Waals surface area contributed by atoms with Crippen LogP contribution in [0.15, 0.2) is 47.7 Å². The topological polar surface area (TPSA) is 54.2 Å². The number of aryl methyl sites for hydroxylation is 2. The lowest BCUT2D eigenvalue weighted by atomic mass is 9.96. The third-order valence-corrected chi connectivity index (χ3v) is 4.68. The van der Waals surface area contributed by atoms with Crippen LogP contribution in [0.1, 0.15) is 30.4 Å².